The van der Waals surface area contributed by atoms with Crippen molar-refractivity contribution in [1.82, 2.24) is 30.1 Å². The van der Waals surface area contributed by atoms with E-state index in [0.717, 1.165) is 39.2 Å². The van der Waals surface area contributed by atoms with Gasteiger partial charge in [-0.05, 0) is 36.4 Å². The average Bonchev–Trinajstić information content (AvgIpc) is 3.44. The number of anilines is 2. The Bertz CT molecular complexity index is 1260. The molecule has 0 saturated carbocycles. The molecule has 0 spiro atoms. The predicted octanol–water partition coefficient (Wildman–Crippen LogP) is 4.16. The zero-order valence-corrected chi connectivity index (χ0v) is 15.5. The number of aromatic nitrogens is 6. The molecule has 4 aromatic heterocycles. The van der Waals surface area contributed by atoms with Gasteiger partial charge in [0.15, 0.2) is 0 Å². The molecular weight excluding hydrogens is 366 g/mol. The predicted molar refractivity (Wildman–Crippen MR) is 111 cm³/mol. The van der Waals surface area contributed by atoms with Crippen molar-refractivity contribution in [3.63, 3.8) is 0 Å². The summed E-state index contributed by atoms with van der Waals surface area (Å²) in [7, 11) is 1.64. The van der Waals surface area contributed by atoms with Gasteiger partial charge >= 0.3 is 0 Å². The topological polar surface area (TPSA) is 104 Å². The molecule has 0 fully saturated rings. The van der Waals surface area contributed by atoms with Gasteiger partial charge < -0.3 is 15.0 Å². The van der Waals surface area contributed by atoms with Crippen LogP contribution in [0.5, 0.6) is 5.75 Å². The van der Waals surface area contributed by atoms with Gasteiger partial charge in [-0.25, -0.2) is 9.97 Å². The Morgan fingerprint density at radius 2 is 1.97 bits per heavy atom. The third-order valence-corrected chi connectivity index (χ3v) is 4.67. The van der Waals surface area contributed by atoms with Crippen molar-refractivity contribution < 1.29 is 4.74 Å². The maximum absolute atomic E-state index is 5.55. The first-order valence-electron chi connectivity index (χ1n) is 9.02. The molecule has 8 heteroatoms. The molecule has 8 nitrogen and oxygen atoms in total. The van der Waals surface area contributed by atoms with Gasteiger partial charge in [0.1, 0.15) is 23.5 Å². The molecule has 0 bridgehead atoms. The summed E-state index contributed by atoms with van der Waals surface area (Å²) in [6.07, 6.45) is 6.90. The number of rotatable bonds is 5. The SMILES string of the molecule is COc1ccc(-c2ccccn2)cc1Nc1ncnc2[nH]cc(-c3ccn[nH]3)c12. The molecule has 0 unspecified atom stereocenters. The van der Waals surface area contributed by atoms with E-state index in [1.165, 1.54) is 6.33 Å². The van der Waals surface area contributed by atoms with Crippen LogP contribution >= 0.6 is 0 Å². The molecule has 0 atom stereocenters. The van der Waals surface area contributed by atoms with Crippen LogP contribution in [-0.4, -0.2) is 37.2 Å². The van der Waals surface area contributed by atoms with Crippen molar-refractivity contribution in [2.45, 2.75) is 0 Å². The van der Waals surface area contributed by atoms with Gasteiger partial charge in [0, 0.05) is 29.7 Å². The second-order valence-electron chi connectivity index (χ2n) is 6.37. The van der Waals surface area contributed by atoms with E-state index in [9.17, 15) is 0 Å². The average molecular weight is 383 g/mol. The summed E-state index contributed by atoms with van der Waals surface area (Å²) in [4.78, 5) is 16.4. The minimum absolute atomic E-state index is 0.664. The first-order chi connectivity index (χ1) is 14.3. The van der Waals surface area contributed by atoms with E-state index in [1.807, 2.05) is 48.7 Å². The van der Waals surface area contributed by atoms with Crippen LogP contribution in [0, 0.1) is 0 Å². The Morgan fingerprint density at radius 1 is 1.00 bits per heavy atom. The fraction of sp³-hybridized carbons (Fsp3) is 0.0476. The van der Waals surface area contributed by atoms with Gasteiger partial charge in [0.2, 0.25) is 0 Å². The Morgan fingerprint density at radius 3 is 2.76 bits per heavy atom. The zero-order valence-electron chi connectivity index (χ0n) is 15.5. The molecule has 5 aromatic rings. The lowest BCUT2D eigenvalue weighted by atomic mass is 10.1. The lowest BCUT2D eigenvalue weighted by molar-refractivity contribution is 0.417. The summed E-state index contributed by atoms with van der Waals surface area (Å²) in [6.45, 7) is 0. The van der Waals surface area contributed by atoms with Gasteiger partial charge in [-0.15, -0.1) is 0 Å². The zero-order chi connectivity index (χ0) is 19.6. The number of methoxy groups -OCH3 is 1. The largest absolute Gasteiger partial charge is 0.495 e. The highest BCUT2D eigenvalue weighted by molar-refractivity contribution is 6.01. The summed E-state index contributed by atoms with van der Waals surface area (Å²) in [5.41, 5.74) is 5.18. The maximum Gasteiger partial charge on any atom is 0.144 e. The Hall–Kier alpha value is -4.20. The van der Waals surface area contributed by atoms with Crippen molar-refractivity contribution in [2.24, 2.45) is 0 Å². The molecule has 0 aliphatic heterocycles. The molecule has 1 aromatic carbocycles. The molecule has 0 aliphatic rings. The minimum atomic E-state index is 0.664. The van der Waals surface area contributed by atoms with E-state index >= 15 is 0 Å². The highest BCUT2D eigenvalue weighted by atomic mass is 16.5. The first kappa shape index (κ1) is 16.9. The monoisotopic (exact) mass is 383 g/mol. The van der Waals surface area contributed by atoms with Crippen LogP contribution in [0.2, 0.25) is 0 Å². The number of benzene rings is 1. The summed E-state index contributed by atoms with van der Waals surface area (Å²) in [5.74, 6) is 1.37. The highest BCUT2D eigenvalue weighted by Crippen LogP contribution is 2.36. The van der Waals surface area contributed by atoms with E-state index in [2.05, 4.69) is 35.5 Å². The Kier molecular flexibility index (Phi) is 4.14. The molecule has 0 radical (unpaired) electrons. The number of H-pyrrole nitrogens is 2. The van der Waals surface area contributed by atoms with E-state index in [0.29, 0.717) is 11.6 Å². The van der Waals surface area contributed by atoms with Gasteiger partial charge in [-0.2, -0.15) is 5.10 Å². The summed E-state index contributed by atoms with van der Waals surface area (Å²) < 4.78 is 5.55. The number of hydrogen-bond acceptors (Lipinski definition) is 6. The Labute approximate surface area is 166 Å². The van der Waals surface area contributed by atoms with Crippen LogP contribution in [0.25, 0.3) is 33.5 Å². The summed E-state index contributed by atoms with van der Waals surface area (Å²) in [6, 6.07) is 13.6. The van der Waals surface area contributed by atoms with Crippen LogP contribution in [0.3, 0.4) is 0 Å². The number of nitrogens with zero attached hydrogens (tertiary/aromatic N) is 4. The van der Waals surface area contributed by atoms with Crippen molar-refractivity contribution in [1.29, 1.82) is 0 Å². The van der Waals surface area contributed by atoms with E-state index in [4.69, 9.17) is 4.74 Å². The quantitative estimate of drug-likeness (QED) is 0.421. The van der Waals surface area contributed by atoms with Gasteiger partial charge in [0.25, 0.3) is 0 Å². The fourth-order valence-electron chi connectivity index (χ4n) is 3.30. The molecule has 4 heterocycles. The maximum atomic E-state index is 5.55. The van der Waals surface area contributed by atoms with Gasteiger partial charge in [0.05, 0.1) is 29.6 Å². The van der Waals surface area contributed by atoms with Crippen molar-refractivity contribution in [3.05, 3.63) is 67.4 Å². The van der Waals surface area contributed by atoms with Crippen LogP contribution in [0.15, 0.2) is 67.4 Å². The molecule has 0 aliphatic carbocycles. The molecule has 0 amide bonds. The third-order valence-electron chi connectivity index (χ3n) is 4.67. The number of pyridine rings is 1. The second kappa shape index (κ2) is 7.08. The number of hydrogen-bond donors (Lipinski definition) is 3. The van der Waals surface area contributed by atoms with Gasteiger partial charge in [-0.3, -0.25) is 10.1 Å². The number of nitrogens with one attached hydrogen (secondary N) is 3. The number of aromatic amines is 2. The number of fused-ring (bicyclic) bond motifs is 1. The Balaban J connectivity index is 1.62. The molecule has 5 rings (SSSR count). The minimum Gasteiger partial charge on any atom is -0.495 e. The summed E-state index contributed by atoms with van der Waals surface area (Å²) in [5, 5.41) is 11.3. The van der Waals surface area contributed by atoms with E-state index < -0.39 is 0 Å². The highest BCUT2D eigenvalue weighted by Gasteiger charge is 2.15. The fourth-order valence-corrected chi connectivity index (χ4v) is 3.30. The molecule has 29 heavy (non-hydrogen) atoms. The molecular formula is C21H17N7O. The van der Waals surface area contributed by atoms with E-state index in [-0.39, 0.29) is 0 Å². The third kappa shape index (κ3) is 3.06. The normalized spacial score (nSPS) is 10.9. The van der Waals surface area contributed by atoms with Crippen LogP contribution in [0.1, 0.15) is 0 Å². The van der Waals surface area contributed by atoms with E-state index in [1.54, 1.807) is 19.5 Å². The van der Waals surface area contributed by atoms with Crippen LogP contribution in [-0.2, 0) is 0 Å². The second-order valence-corrected chi connectivity index (χ2v) is 6.37. The summed E-state index contributed by atoms with van der Waals surface area (Å²) >= 11 is 0. The van der Waals surface area contributed by atoms with Crippen LogP contribution < -0.4 is 10.1 Å². The standard InChI is InChI=1S/C21H17N7O/c1-29-18-6-5-13(15-4-2-3-8-22-15)10-17(18)27-21-19-14(16-7-9-26-28-16)11-23-20(19)24-12-25-21/h2-12H,1H3,(H,26,28)(H2,23,24,25,27). The van der Waals surface area contributed by atoms with Crippen molar-refractivity contribution >= 4 is 22.5 Å². The number of ether oxygens (including phenoxy) is 1. The van der Waals surface area contributed by atoms with Crippen molar-refractivity contribution in [3.8, 4) is 28.3 Å². The molecule has 142 valence electrons. The molecule has 3 N–H and O–H groups in total. The van der Waals surface area contributed by atoms with Crippen LogP contribution in [0.4, 0.5) is 11.5 Å². The lowest BCUT2D eigenvalue weighted by Gasteiger charge is -2.13. The lowest BCUT2D eigenvalue weighted by Crippen LogP contribution is -1.99. The molecule has 0 saturated heterocycles. The smallest absolute Gasteiger partial charge is 0.144 e. The first-order valence-corrected chi connectivity index (χ1v) is 9.02. The van der Waals surface area contributed by atoms with Crippen molar-refractivity contribution in [2.75, 3.05) is 12.4 Å². The van der Waals surface area contributed by atoms with Gasteiger partial charge in [-0.1, -0.05) is 6.07 Å².